The number of rotatable bonds is 6. The Morgan fingerprint density at radius 2 is 1.55 bits per heavy atom. The number of amides is 2. The Kier molecular flexibility index (Phi) is 7.95. The van der Waals surface area contributed by atoms with Crippen LogP contribution < -0.4 is 10.2 Å². The van der Waals surface area contributed by atoms with E-state index in [4.69, 9.17) is 25.3 Å². The fourth-order valence-electron chi connectivity index (χ4n) is 4.87. The van der Waals surface area contributed by atoms with Crippen molar-refractivity contribution < 1.29 is 34.5 Å². The first-order valence-corrected chi connectivity index (χ1v) is 13.1. The maximum atomic E-state index is 13.1. The number of imide groups is 1. The van der Waals surface area contributed by atoms with Crippen LogP contribution in [0.1, 0.15) is 17.7 Å². The third-order valence-electron chi connectivity index (χ3n) is 7.06. The first-order chi connectivity index (χ1) is 20.1. The number of carboxylic acid groups (broad SMARTS) is 2. The third-order valence-corrected chi connectivity index (χ3v) is 7.06. The molecule has 1 fully saturated rings. The van der Waals surface area contributed by atoms with Crippen molar-refractivity contribution in [2.24, 2.45) is 0 Å². The molecule has 2 aromatic carbocycles. The minimum Gasteiger partial charge on any atom is -0.481 e. The van der Waals surface area contributed by atoms with Gasteiger partial charge in [0.05, 0.1) is 28.8 Å². The zero-order valence-corrected chi connectivity index (χ0v) is 22.6. The Balaban J connectivity index is 0.000000342. The van der Waals surface area contributed by atoms with Gasteiger partial charge in [-0.2, -0.15) is 0 Å². The number of carboxylic acids is 2. The lowest BCUT2D eigenvalue weighted by atomic mass is 9.97. The van der Waals surface area contributed by atoms with Crippen molar-refractivity contribution in [1.82, 2.24) is 25.2 Å². The number of H-pyrrole nitrogens is 1. The number of piperazine rings is 1. The fourth-order valence-corrected chi connectivity index (χ4v) is 4.87. The number of nitrogens with one attached hydrogen (secondary N) is 2. The SMILES string of the molecule is CN1CCN(c2nc(C3=C(c4c[nH]c5ccccc45)C(=O)NC3=O)c3ccccc3n2)CC1.O=C(O)CC(O)C(=O)O. The molecule has 2 amide bonds. The smallest absolute Gasteiger partial charge is 0.333 e. The van der Waals surface area contributed by atoms with Crippen LogP contribution >= 0.6 is 0 Å². The molecule has 2 aromatic heterocycles. The average molecular weight is 573 g/mol. The van der Waals surface area contributed by atoms with Gasteiger partial charge in [-0.05, 0) is 19.2 Å². The first kappa shape index (κ1) is 28.4. The highest BCUT2D eigenvalue weighted by molar-refractivity contribution is 6.50. The van der Waals surface area contributed by atoms with Gasteiger partial charge in [-0.3, -0.25) is 19.7 Å². The van der Waals surface area contributed by atoms with Crippen molar-refractivity contribution >= 4 is 62.7 Å². The number of benzene rings is 2. The number of aliphatic carboxylic acids is 2. The summed E-state index contributed by atoms with van der Waals surface area (Å²) in [6.07, 6.45) is -0.763. The second-order valence-electron chi connectivity index (χ2n) is 9.91. The molecule has 0 bridgehead atoms. The van der Waals surface area contributed by atoms with Crippen LogP contribution in [0.4, 0.5) is 5.95 Å². The summed E-state index contributed by atoms with van der Waals surface area (Å²) in [5.74, 6) is -3.12. The zero-order valence-electron chi connectivity index (χ0n) is 22.6. The Bertz CT molecular complexity index is 1740. The highest BCUT2D eigenvalue weighted by Crippen LogP contribution is 2.37. The van der Waals surface area contributed by atoms with Crippen LogP contribution in [0.5, 0.6) is 0 Å². The number of carbonyl (C=O) groups is 4. The molecular formula is C29H28N6O7. The highest BCUT2D eigenvalue weighted by atomic mass is 16.4. The van der Waals surface area contributed by atoms with Crippen molar-refractivity contribution in [3.8, 4) is 0 Å². The topological polar surface area (TPSA) is 189 Å². The molecule has 2 aliphatic rings. The van der Waals surface area contributed by atoms with E-state index >= 15 is 0 Å². The molecule has 4 aromatic rings. The molecular weight excluding hydrogens is 544 g/mol. The summed E-state index contributed by atoms with van der Waals surface area (Å²) >= 11 is 0. The largest absolute Gasteiger partial charge is 0.481 e. The van der Waals surface area contributed by atoms with Gasteiger partial charge >= 0.3 is 11.9 Å². The monoisotopic (exact) mass is 572 g/mol. The van der Waals surface area contributed by atoms with E-state index in [1.165, 1.54) is 0 Å². The second-order valence-corrected chi connectivity index (χ2v) is 9.91. The van der Waals surface area contributed by atoms with E-state index in [-0.39, 0.29) is 0 Å². The van der Waals surface area contributed by atoms with Crippen LogP contribution in [0.25, 0.3) is 33.0 Å². The molecule has 0 radical (unpaired) electrons. The number of hydrogen-bond acceptors (Lipinski definition) is 9. The van der Waals surface area contributed by atoms with Crippen molar-refractivity contribution in [2.75, 3.05) is 38.1 Å². The molecule has 0 spiro atoms. The van der Waals surface area contributed by atoms with Gasteiger partial charge in [0.1, 0.15) is 0 Å². The summed E-state index contributed by atoms with van der Waals surface area (Å²) in [6.45, 7) is 3.42. The molecule has 4 heterocycles. The highest BCUT2D eigenvalue weighted by Gasteiger charge is 2.36. The molecule has 0 saturated carbocycles. The number of aliphatic hydroxyl groups is 1. The zero-order chi connectivity index (χ0) is 30.0. The van der Waals surface area contributed by atoms with Crippen molar-refractivity contribution in [1.29, 1.82) is 0 Å². The molecule has 13 heteroatoms. The van der Waals surface area contributed by atoms with Gasteiger partial charge in [0.15, 0.2) is 6.10 Å². The van der Waals surface area contributed by atoms with Crippen molar-refractivity contribution in [2.45, 2.75) is 12.5 Å². The normalized spacial score (nSPS) is 16.4. The van der Waals surface area contributed by atoms with E-state index in [0.717, 1.165) is 48.0 Å². The number of nitrogens with zero attached hydrogens (tertiary/aromatic N) is 4. The van der Waals surface area contributed by atoms with Crippen LogP contribution in [-0.2, 0) is 19.2 Å². The molecule has 1 saturated heterocycles. The van der Waals surface area contributed by atoms with Crippen LogP contribution in [0.2, 0.25) is 0 Å². The maximum absolute atomic E-state index is 13.1. The number of fused-ring (bicyclic) bond motifs is 2. The molecule has 5 N–H and O–H groups in total. The van der Waals surface area contributed by atoms with E-state index in [1.54, 1.807) is 6.20 Å². The Morgan fingerprint density at radius 1 is 0.905 bits per heavy atom. The van der Waals surface area contributed by atoms with Gasteiger partial charge in [-0.1, -0.05) is 36.4 Å². The maximum Gasteiger partial charge on any atom is 0.333 e. The molecule has 1 atom stereocenters. The lowest BCUT2D eigenvalue weighted by Crippen LogP contribution is -2.45. The third kappa shape index (κ3) is 5.68. The minimum atomic E-state index is -1.79. The number of anilines is 1. The Labute approximate surface area is 239 Å². The summed E-state index contributed by atoms with van der Waals surface area (Å²) in [7, 11) is 2.09. The predicted octanol–water partition coefficient (Wildman–Crippen LogP) is 1.34. The summed E-state index contributed by atoms with van der Waals surface area (Å²) < 4.78 is 0. The molecule has 2 aliphatic heterocycles. The lowest BCUT2D eigenvalue weighted by Gasteiger charge is -2.32. The molecule has 13 nitrogen and oxygen atoms in total. The number of carbonyl (C=O) groups excluding carboxylic acids is 2. The second kappa shape index (κ2) is 11.8. The van der Waals surface area contributed by atoms with Gasteiger partial charge in [0.25, 0.3) is 11.8 Å². The number of para-hydroxylation sites is 2. The van der Waals surface area contributed by atoms with Crippen LogP contribution in [-0.4, -0.2) is 98.3 Å². The standard InChI is InChI=1S/C25H22N6O2.C4H6O5/c1-30-10-12-31(13-11-30)25-27-19-9-5-3-7-16(19)22(28-25)21-20(23(32)29-24(21)33)17-14-26-18-8-4-2-6-15(17)18;5-2(4(8)9)1-3(6)7/h2-9,14,26H,10-13H2,1H3,(H,29,32,33);2,5H,1H2,(H,6,7)(H,8,9). The summed E-state index contributed by atoms with van der Waals surface area (Å²) in [6, 6.07) is 15.4. The minimum absolute atomic E-state index is 0.290. The Hall–Kier alpha value is -5.14. The number of aromatic amines is 1. The molecule has 1 unspecified atom stereocenters. The molecule has 6 rings (SSSR count). The predicted molar refractivity (Wildman–Crippen MR) is 153 cm³/mol. The van der Waals surface area contributed by atoms with Gasteiger partial charge in [0, 0.05) is 54.2 Å². The number of hydrogen-bond donors (Lipinski definition) is 5. The van der Waals surface area contributed by atoms with E-state index in [0.29, 0.717) is 28.4 Å². The number of aliphatic hydroxyl groups excluding tert-OH is 1. The fraction of sp³-hybridized carbons (Fsp3) is 0.241. The quantitative estimate of drug-likeness (QED) is 0.210. The first-order valence-electron chi connectivity index (χ1n) is 13.1. The number of aromatic nitrogens is 3. The van der Waals surface area contributed by atoms with Gasteiger partial charge in [0.2, 0.25) is 5.95 Å². The number of likely N-dealkylation sites (N-methyl/N-ethyl adjacent to an activating group) is 1. The van der Waals surface area contributed by atoms with Crippen molar-refractivity contribution in [3.63, 3.8) is 0 Å². The van der Waals surface area contributed by atoms with Crippen LogP contribution in [0, 0.1) is 0 Å². The summed E-state index contributed by atoms with van der Waals surface area (Å²) in [4.78, 5) is 62.8. The van der Waals surface area contributed by atoms with E-state index < -0.39 is 36.3 Å². The lowest BCUT2D eigenvalue weighted by molar-refractivity contribution is -0.152. The molecule has 0 aliphatic carbocycles. The average Bonchev–Trinajstić information content (AvgIpc) is 3.51. The molecule has 42 heavy (non-hydrogen) atoms. The van der Waals surface area contributed by atoms with E-state index in [2.05, 4.69) is 27.1 Å². The van der Waals surface area contributed by atoms with Gasteiger partial charge < -0.3 is 30.1 Å². The van der Waals surface area contributed by atoms with Gasteiger partial charge in [-0.15, -0.1) is 0 Å². The Morgan fingerprint density at radius 3 is 2.21 bits per heavy atom. The van der Waals surface area contributed by atoms with Gasteiger partial charge in [-0.25, -0.2) is 14.8 Å². The van der Waals surface area contributed by atoms with Crippen molar-refractivity contribution in [3.05, 3.63) is 66.0 Å². The summed E-state index contributed by atoms with van der Waals surface area (Å²) in [5.41, 5.74) is 3.45. The van der Waals surface area contributed by atoms with E-state index in [9.17, 15) is 19.2 Å². The van der Waals surface area contributed by atoms with Crippen LogP contribution in [0.3, 0.4) is 0 Å². The molecule has 216 valence electrons. The van der Waals surface area contributed by atoms with E-state index in [1.807, 2.05) is 48.5 Å². The van der Waals surface area contributed by atoms with Crippen LogP contribution in [0.15, 0.2) is 54.7 Å². The summed E-state index contributed by atoms with van der Waals surface area (Å²) in [5, 5.41) is 28.3.